The Balaban J connectivity index is 3.03. The summed E-state index contributed by atoms with van der Waals surface area (Å²) < 4.78 is 12.6. The number of aliphatic hydroxyl groups is 1. The molecular formula is C6H7FN2O. The molecule has 1 rings (SSSR count). The Morgan fingerprint density at radius 1 is 1.70 bits per heavy atom. The van der Waals surface area contributed by atoms with Crippen LogP contribution in [0, 0.1) is 5.82 Å². The van der Waals surface area contributed by atoms with Crippen molar-refractivity contribution in [2.45, 2.75) is 13.0 Å². The first-order valence-corrected chi connectivity index (χ1v) is 2.85. The maximum absolute atomic E-state index is 12.6. The van der Waals surface area contributed by atoms with Crippen molar-refractivity contribution >= 4 is 0 Å². The van der Waals surface area contributed by atoms with Gasteiger partial charge >= 0.3 is 0 Å². The van der Waals surface area contributed by atoms with Crippen molar-refractivity contribution in [1.82, 2.24) is 9.97 Å². The number of aliphatic hydroxyl groups excluding tert-OH is 1. The maximum atomic E-state index is 12.6. The average molecular weight is 142 g/mol. The van der Waals surface area contributed by atoms with Crippen LogP contribution in [0.3, 0.4) is 0 Å². The summed E-state index contributed by atoms with van der Waals surface area (Å²) in [6.07, 6.45) is 1.35. The molecule has 0 saturated carbocycles. The van der Waals surface area contributed by atoms with Crippen LogP contribution in [-0.4, -0.2) is 15.1 Å². The summed E-state index contributed by atoms with van der Waals surface area (Å²) in [7, 11) is 0. The molecule has 10 heavy (non-hydrogen) atoms. The maximum Gasteiger partial charge on any atom is 0.165 e. The van der Waals surface area contributed by atoms with Gasteiger partial charge in [0.15, 0.2) is 5.82 Å². The SMILES string of the molecule is C[C@@H](O)c1ncncc1F. The summed E-state index contributed by atoms with van der Waals surface area (Å²) in [5.74, 6) is -0.572. The molecule has 1 heterocycles. The smallest absolute Gasteiger partial charge is 0.165 e. The second-order valence-electron chi connectivity index (χ2n) is 1.93. The minimum atomic E-state index is -0.872. The predicted octanol–water partition coefficient (Wildman–Crippen LogP) is 0.669. The first-order valence-electron chi connectivity index (χ1n) is 2.85. The Hall–Kier alpha value is -1.03. The van der Waals surface area contributed by atoms with Crippen molar-refractivity contribution in [3.05, 3.63) is 24.0 Å². The van der Waals surface area contributed by atoms with Crippen LogP contribution in [0.2, 0.25) is 0 Å². The van der Waals surface area contributed by atoms with Gasteiger partial charge in [0.2, 0.25) is 0 Å². The Morgan fingerprint density at radius 3 is 2.80 bits per heavy atom. The second-order valence-corrected chi connectivity index (χ2v) is 1.93. The lowest BCUT2D eigenvalue weighted by atomic mass is 10.3. The zero-order valence-electron chi connectivity index (χ0n) is 5.45. The molecular weight excluding hydrogens is 135 g/mol. The quantitative estimate of drug-likeness (QED) is 0.626. The van der Waals surface area contributed by atoms with E-state index in [0.717, 1.165) is 6.20 Å². The molecule has 0 saturated heterocycles. The lowest BCUT2D eigenvalue weighted by Gasteiger charge is -2.01. The molecule has 4 heteroatoms. The zero-order valence-corrected chi connectivity index (χ0v) is 5.45. The molecule has 0 amide bonds. The zero-order chi connectivity index (χ0) is 7.56. The van der Waals surface area contributed by atoms with Crippen molar-refractivity contribution < 1.29 is 9.50 Å². The lowest BCUT2D eigenvalue weighted by molar-refractivity contribution is 0.188. The summed E-state index contributed by atoms with van der Waals surface area (Å²) >= 11 is 0. The summed E-state index contributed by atoms with van der Waals surface area (Å²) in [6, 6.07) is 0. The number of hydrogen-bond donors (Lipinski definition) is 1. The highest BCUT2D eigenvalue weighted by Crippen LogP contribution is 2.10. The van der Waals surface area contributed by atoms with Gasteiger partial charge in [-0.05, 0) is 6.92 Å². The van der Waals surface area contributed by atoms with E-state index < -0.39 is 11.9 Å². The summed E-state index contributed by atoms with van der Waals surface area (Å²) in [5, 5.41) is 8.87. The highest BCUT2D eigenvalue weighted by Gasteiger charge is 2.07. The molecule has 0 unspecified atom stereocenters. The fourth-order valence-electron chi connectivity index (χ4n) is 0.630. The van der Waals surface area contributed by atoms with E-state index in [9.17, 15) is 4.39 Å². The van der Waals surface area contributed by atoms with Crippen LogP contribution in [0.4, 0.5) is 4.39 Å². The summed E-state index contributed by atoms with van der Waals surface area (Å²) in [6.45, 7) is 1.45. The van der Waals surface area contributed by atoms with Gasteiger partial charge in [0.05, 0.1) is 12.3 Å². The van der Waals surface area contributed by atoms with E-state index in [-0.39, 0.29) is 5.69 Å². The second kappa shape index (κ2) is 2.70. The number of rotatable bonds is 1. The van der Waals surface area contributed by atoms with Crippen LogP contribution in [0.5, 0.6) is 0 Å². The molecule has 0 spiro atoms. The van der Waals surface area contributed by atoms with Gasteiger partial charge in [0.1, 0.15) is 12.0 Å². The van der Waals surface area contributed by atoms with E-state index in [2.05, 4.69) is 9.97 Å². The fourth-order valence-corrected chi connectivity index (χ4v) is 0.630. The summed E-state index contributed by atoms with van der Waals surface area (Å²) in [5.41, 5.74) is 0.0370. The molecule has 1 N–H and O–H groups in total. The fraction of sp³-hybridized carbons (Fsp3) is 0.333. The van der Waals surface area contributed by atoms with Gasteiger partial charge in [-0.15, -0.1) is 0 Å². The van der Waals surface area contributed by atoms with Gasteiger partial charge in [-0.1, -0.05) is 0 Å². The van der Waals surface area contributed by atoms with Gasteiger partial charge in [-0.25, -0.2) is 14.4 Å². The van der Waals surface area contributed by atoms with Crippen molar-refractivity contribution in [3.63, 3.8) is 0 Å². The molecule has 1 aromatic rings. The van der Waals surface area contributed by atoms with Crippen molar-refractivity contribution in [2.24, 2.45) is 0 Å². The molecule has 1 atom stereocenters. The molecule has 1 aromatic heterocycles. The molecule has 0 aliphatic heterocycles. The molecule has 54 valence electrons. The third-order valence-electron chi connectivity index (χ3n) is 1.09. The third kappa shape index (κ3) is 1.27. The minimum Gasteiger partial charge on any atom is -0.387 e. The van der Waals surface area contributed by atoms with E-state index >= 15 is 0 Å². The van der Waals surface area contributed by atoms with Crippen LogP contribution in [0.25, 0.3) is 0 Å². The largest absolute Gasteiger partial charge is 0.387 e. The highest BCUT2D eigenvalue weighted by molar-refractivity contribution is 5.03. The van der Waals surface area contributed by atoms with Crippen molar-refractivity contribution in [3.8, 4) is 0 Å². The van der Waals surface area contributed by atoms with Crippen molar-refractivity contribution in [2.75, 3.05) is 0 Å². The topological polar surface area (TPSA) is 46.0 Å². The molecule has 0 aliphatic carbocycles. The minimum absolute atomic E-state index is 0.0370. The Kier molecular flexibility index (Phi) is 1.91. The monoisotopic (exact) mass is 142 g/mol. The van der Waals surface area contributed by atoms with Gasteiger partial charge in [0, 0.05) is 0 Å². The van der Waals surface area contributed by atoms with E-state index in [1.807, 2.05) is 0 Å². The van der Waals surface area contributed by atoms with Crippen LogP contribution in [0.15, 0.2) is 12.5 Å². The van der Waals surface area contributed by atoms with E-state index in [0.29, 0.717) is 0 Å². The molecule has 0 radical (unpaired) electrons. The molecule has 3 nitrogen and oxygen atoms in total. The average Bonchev–Trinajstić information content (AvgIpc) is 1.88. The molecule has 0 bridgehead atoms. The molecule has 0 aliphatic rings. The van der Waals surface area contributed by atoms with E-state index in [1.54, 1.807) is 0 Å². The van der Waals surface area contributed by atoms with Crippen LogP contribution >= 0.6 is 0 Å². The van der Waals surface area contributed by atoms with Crippen LogP contribution < -0.4 is 0 Å². The Morgan fingerprint density at radius 2 is 2.40 bits per heavy atom. The highest BCUT2D eigenvalue weighted by atomic mass is 19.1. The first kappa shape index (κ1) is 7.08. The number of hydrogen-bond acceptors (Lipinski definition) is 3. The normalized spacial score (nSPS) is 13.1. The van der Waals surface area contributed by atoms with Gasteiger partial charge < -0.3 is 5.11 Å². The van der Waals surface area contributed by atoms with Crippen LogP contribution in [0.1, 0.15) is 18.7 Å². The van der Waals surface area contributed by atoms with E-state index in [1.165, 1.54) is 13.3 Å². The van der Waals surface area contributed by atoms with E-state index in [4.69, 9.17) is 5.11 Å². The van der Waals surface area contributed by atoms with Gasteiger partial charge in [-0.3, -0.25) is 0 Å². The number of aromatic nitrogens is 2. The Bertz CT molecular complexity index is 227. The van der Waals surface area contributed by atoms with Gasteiger partial charge in [-0.2, -0.15) is 0 Å². The summed E-state index contributed by atoms with van der Waals surface area (Å²) in [4.78, 5) is 6.97. The van der Waals surface area contributed by atoms with Crippen LogP contribution in [-0.2, 0) is 0 Å². The first-order chi connectivity index (χ1) is 4.72. The Labute approximate surface area is 57.6 Å². The number of nitrogens with zero attached hydrogens (tertiary/aromatic N) is 2. The number of halogens is 1. The lowest BCUT2D eigenvalue weighted by Crippen LogP contribution is -1.99. The molecule has 0 aromatic carbocycles. The standard InChI is InChI=1S/C6H7FN2O/c1-4(10)6-5(7)2-8-3-9-6/h2-4,10H,1H3/t4-/m1/s1. The third-order valence-corrected chi connectivity index (χ3v) is 1.09. The molecule has 0 fully saturated rings. The predicted molar refractivity (Wildman–Crippen MR) is 32.6 cm³/mol. The van der Waals surface area contributed by atoms with Gasteiger partial charge in [0.25, 0.3) is 0 Å². The van der Waals surface area contributed by atoms with Crippen molar-refractivity contribution in [1.29, 1.82) is 0 Å².